The van der Waals surface area contributed by atoms with Crippen LogP contribution >= 0.6 is 0 Å². The Morgan fingerprint density at radius 1 is 1.29 bits per heavy atom. The minimum Gasteiger partial charge on any atom is -0.549 e. The molecule has 1 rings (SSSR count). The van der Waals surface area contributed by atoms with Gasteiger partial charge in [0, 0.05) is 11.6 Å². The summed E-state index contributed by atoms with van der Waals surface area (Å²) >= 11 is 0. The molecule has 0 aliphatic carbocycles. The standard InChI is InChI=1S/C10H10F3NO2.K/c1-9(2,8(15)16)7-4-3-6(5-14-7)10(11,12)13;/h3-5H,1-2H3,(H,15,16);/q;+1/p-1. The second-order valence-electron chi connectivity index (χ2n) is 3.84. The van der Waals surface area contributed by atoms with Crippen LogP contribution in [0.1, 0.15) is 25.1 Å². The first-order valence-electron chi connectivity index (χ1n) is 4.41. The van der Waals surface area contributed by atoms with Crippen molar-refractivity contribution in [2.45, 2.75) is 25.4 Å². The average Bonchev–Trinajstić information content (AvgIpc) is 2.16. The Labute approximate surface area is 139 Å². The van der Waals surface area contributed by atoms with E-state index in [4.69, 9.17) is 0 Å². The molecule has 3 nitrogen and oxygen atoms in total. The molecule has 0 aliphatic rings. The molecule has 0 saturated heterocycles. The van der Waals surface area contributed by atoms with Crippen molar-refractivity contribution in [1.82, 2.24) is 4.98 Å². The number of aromatic nitrogens is 1. The van der Waals surface area contributed by atoms with Crippen LogP contribution in [0.25, 0.3) is 0 Å². The van der Waals surface area contributed by atoms with Crippen molar-refractivity contribution in [2.75, 3.05) is 0 Å². The molecule has 1 aromatic rings. The molecule has 1 aromatic heterocycles. The molecule has 0 bridgehead atoms. The Morgan fingerprint density at radius 2 is 1.82 bits per heavy atom. The van der Waals surface area contributed by atoms with E-state index in [0.717, 1.165) is 12.1 Å². The first-order valence-corrected chi connectivity index (χ1v) is 4.41. The monoisotopic (exact) mass is 271 g/mol. The van der Waals surface area contributed by atoms with E-state index in [1.165, 1.54) is 13.8 Å². The molecule has 0 aliphatic heterocycles. The van der Waals surface area contributed by atoms with Crippen LogP contribution in [0, 0.1) is 0 Å². The van der Waals surface area contributed by atoms with Crippen molar-refractivity contribution in [3.63, 3.8) is 0 Å². The van der Waals surface area contributed by atoms with E-state index >= 15 is 0 Å². The van der Waals surface area contributed by atoms with E-state index in [2.05, 4.69) is 4.98 Å². The Balaban J connectivity index is 0.00000256. The second-order valence-corrected chi connectivity index (χ2v) is 3.84. The van der Waals surface area contributed by atoms with Crippen molar-refractivity contribution in [1.29, 1.82) is 0 Å². The van der Waals surface area contributed by atoms with Crippen LogP contribution in [0.15, 0.2) is 18.3 Å². The fourth-order valence-electron chi connectivity index (χ4n) is 1.04. The third-order valence-electron chi connectivity index (χ3n) is 2.24. The van der Waals surface area contributed by atoms with Gasteiger partial charge in [-0.15, -0.1) is 0 Å². The normalized spacial score (nSPS) is 11.8. The number of pyridine rings is 1. The summed E-state index contributed by atoms with van der Waals surface area (Å²) in [6.45, 7) is 2.63. The fourth-order valence-corrected chi connectivity index (χ4v) is 1.04. The quantitative estimate of drug-likeness (QED) is 0.592. The second kappa shape index (κ2) is 5.79. The molecule has 88 valence electrons. The van der Waals surface area contributed by atoms with Crippen molar-refractivity contribution in [3.05, 3.63) is 29.6 Å². The first-order chi connectivity index (χ1) is 7.15. The van der Waals surface area contributed by atoms with Gasteiger partial charge in [-0.1, -0.05) is 0 Å². The number of nitrogens with zero attached hydrogens (tertiary/aromatic N) is 1. The number of rotatable bonds is 2. The number of carbonyl (C=O) groups excluding carboxylic acids is 1. The van der Waals surface area contributed by atoms with Crippen LogP contribution in [-0.4, -0.2) is 11.0 Å². The van der Waals surface area contributed by atoms with Gasteiger partial charge in [0.2, 0.25) is 0 Å². The predicted octanol–water partition coefficient (Wildman–Crippen LogP) is -1.87. The van der Waals surface area contributed by atoms with Crippen LogP contribution < -0.4 is 56.5 Å². The van der Waals surface area contributed by atoms with Crippen molar-refractivity contribution in [2.24, 2.45) is 0 Å². The van der Waals surface area contributed by atoms with Crippen molar-refractivity contribution in [3.8, 4) is 0 Å². The molecule has 0 atom stereocenters. The summed E-state index contributed by atoms with van der Waals surface area (Å²) < 4.78 is 36.6. The molecule has 0 fully saturated rings. The van der Waals surface area contributed by atoms with Crippen LogP contribution in [0.5, 0.6) is 0 Å². The fraction of sp³-hybridized carbons (Fsp3) is 0.400. The third-order valence-corrected chi connectivity index (χ3v) is 2.24. The van der Waals surface area contributed by atoms with E-state index in [0.29, 0.717) is 6.20 Å². The summed E-state index contributed by atoms with van der Waals surface area (Å²) in [6, 6.07) is 1.84. The summed E-state index contributed by atoms with van der Waals surface area (Å²) in [6.07, 6.45) is -3.86. The molecule has 0 spiro atoms. The smallest absolute Gasteiger partial charge is 0.549 e. The van der Waals surface area contributed by atoms with Gasteiger partial charge in [-0.25, -0.2) is 0 Å². The third kappa shape index (κ3) is 4.02. The Hall–Kier alpha value is 0.0464. The Morgan fingerprint density at radius 3 is 2.12 bits per heavy atom. The summed E-state index contributed by atoms with van der Waals surface area (Å²) in [7, 11) is 0. The predicted molar refractivity (Wildman–Crippen MR) is 47.3 cm³/mol. The minimum absolute atomic E-state index is 0. The van der Waals surface area contributed by atoms with Gasteiger partial charge in [0.1, 0.15) is 0 Å². The summed E-state index contributed by atoms with van der Waals surface area (Å²) in [4.78, 5) is 14.2. The summed E-state index contributed by atoms with van der Waals surface area (Å²) in [5, 5.41) is 10.7. The maximum atomic E-state index is 12.2. The number of carboxylic acids is 1. The number of carboxylic acid groups (broad SMARTS) is 1. The number of carbonyl (C=O) groups is 1. The van der Waals surface area contributed by atoms with Gasteiger partial charge in [0.05, 0.1) is 17.2 Å². The molecule has 0 saturated carbocycles. The van der Waals surface area contributed by atoms with Gasteiger partial charge in [-0.2, -0.15) is 13.2 Å². The molecular formula is C10H9F3KNO2. The summed E-state index contributed by atoms with van der Waals surface area (Å²) in [5.41, 5.74) is -2.30. The van der Waals surface area contributed by atoms with Gasteiger partial charge in [0.25, 0.3) is 0 Å². The molecule has 0 N–H and O–H groups in total. The number of alkyl halides is 3. The Kier molecular flexibility index (Phi) is 5.81. The van der Waals surface area contributed by atoms with Gasteiger partial charge in [-0.05, 0) is 26.0 Å². The van der Waals surface area contributed by atoms with Crippen LogP contribution in [-0.2, 0) is 16.4 Å². The van der Waals surface area contributed by atoms with Gasteiger partial charge in [-0.3, -0.25) is 4.98 Å². The topological polar surface area (TPSA) is 53.0 Å². The van der Waals surface area contributed by atoms with Crippen molar-refractivity contribution < 1.29 is 74.5 Å². The average molecular weight is 271 g/mol. The molecule has 7 heteroatoms. The van der Waals surface area contributed by atoms with E-state index in [-0.39, 0.29) is 57.1 Å². The molecule has 1 heterocycles. The van der Waals surface area contributed by atoms with E-state index < -0.39 is 23.1 Å². The molecule has 0 unspecified atom stereocenters. The van der Waals surface area contributed by atoms with Gasteiger partial charge >= 0.3 is 57.6 Å². The van der Waals surface area contributed by atoms with Gasteiger partial charge < -0.3 is 9.90 Å². The Bertz CT molecular complexity index is 401. The van der Waals surface area contributed by atoms with Crippen LogP contribution in [0.3, 0.4) is 0 Å². The maximum absolute atomic E-state index is 12.2. The molecule has 17 heavy (non-hydrogen) atoms. The minimum atomic E-state index is -4.48. The van der Waals surface area contributed by atoms with Gasteiger partial charge in [0.15, 0.2) is 0 Å². The first kappa shape index (κ1) is 17.0. The zero-order valence-electron chi connectivity index (χ0n) is 9.63. The SMILES string of the molecule is CC(C)(C(=O)[O-])c1ccc(C(F)(F)F)cn1.[K+]. The number of hydrogen-bond acceptors (Lipinski definition) is 3. The van der Waals surface area contributed by atoms with Crippen molar-refractivity contribution >= 4 is 5.97 Å². The van der Waals surface area contributed by atoms with E-state index in [9.17, 15) is 23.1 Å². The molecule has 0 radical (unpaired) electrons. The molecular weight excluding hydrogens is 262 g/mol. The zero-order chi connectivity index (χ0) is 12.6. The van der Waals surface area contributed by atoms with Crippen LogP contribution in [0.4, 0.5) is 13.2 Å². The number of aliphatic carboxylic acids is 1. The molecule has 0 amide bonds. The largest absolute Gasteiger partial charge is 1.00 e. The van der Waals surface area contributed by atoms with E-state index in [1.807, 2.05) is 0 Å². The van der Waals surface area contributed by atoms with E-state index in [1.54, 1.807) is 0 Å². The van der Waals surface area contributed by atoms with Crippen LogP contribution in [0.2, 0.25) is 0 Å². The zero-order valence-corrected chi connectivity index (χ0v) is 12.8. The summed E-state index contributed by atoms with van der Waals surface area (Å²) in [5.74, 6) is -1.39. The maximum Gasteiger partial charge on any atom is 1.00 e. The molecule has 0 aromatic carbocycles. The number of hydrogen-bond donors (Lipinski definition) is 0. The number of halogens is 3.